The van der Waals surface area contributed by atoms with Gasteiger partial charge < -0.3 is 17.6 Å². The molecule has 0 unspecified atom stereocenters. The Labute approximate surface area is 137 Å². The molecule has 24 heavy (non-hydrogen) atoms. The molecule has 0 saturated heterocycles. The van der Waals surface area contributed by atoms with Gasteiger partial charge in [0.1, 0.15) is 11.3 Å². The predicted molar refractivity (Wildman–Crippen MR) is 92.4 cm³/mol. The normalized spacial score (nSPS) is 15.8. The van der Waals surface area contributed by atoms with Crippen molar-refractivity contribution in [2.24, 2.45) is 0 Å². The molecule has 0 bridgehead atoms. The summed E-state index contributed by atoms with van der Waals surface area (Å²) in [6.45, 7) is 0. The van der Waals surface area contributed by atoms with Gasteiger partial charge in [-0.25, -0.2) is 0 Å². The van der Waals surface area contributed by atoms with E-state index in [1.54, 1.807) is 30.4 Å². The van der Waals surface area contributed by atoms with Crippen molar-refractivity contribution in [2.75, 3.05) is 0 Å². The number of ketones is 1. The summed E-state index contributed by atoms with van der Waals surface area (Å²) in [5.74, 6) is 0.271. The molecule has 1 aliphatic rings. The molecule has 5 heteroatoms. The lowest BCUT2D eigenvalue weighted by Gasteiger charge is -2.21. The van der Waals surface area contributed by atoms with Gasteiger partial charge in [-0.3, -0.25) is 0 Å². The minimum atomic E-state index is -4.40. The molecule has 0 fully saturated rings. The molecule has 0 saturated carbocycles. The van der Waals surface area contributed by atoms with E-state index in [9.17, 15) is 8.63 Å². The molecule has 0 aromatic heterocycles. The molecular formula is C19H13BF2O2. The second-order valence-electron chi connectivity index (χ2n) is 5.54. The maximum atomic E-state index is 14.0. The average molecular weight is 322 g/mol. The summed E-state index contributed by atoms with van der Waals surface area (Å²) in [6, 6.07) is 20.3. The first kappa shape index (κ1) is 14.6. The van der Waals surface area contributed by atoms with Crippen LogP contribution in [0.5, 0.6) is 5.75 Å². The quantitative estimate of drug-likeness (QED) is 0.368. The largest absolute Gasteiger partial charge is 0.995 e. The Balaban J connectivity index is 1.84. The molecule has 0 radical (unpaired) electrons. The third-order valence-corrected chi connectivity index (χ3v) is 3.89. The molecule has 2 nitrogen and oxygen atoms in total. The Bertz CT molecular complexity index is 966. The lowest BCUT2D eigenvalue weighted by atomic mass is 9.98. The molecule has 0 amide bonds. The summed E-state index contributed by atoms with van der Waals surface area (Å²) in [4.78, 5) is 0. The summed E-state index contributed by atoms with van der Waals surface area (Å²) in [5.41, 5.74) is 1.42. The number of carbonyl (C=O) groups excluding carboxylic acids is 1. The van der Waals surface area contributed by atoms with E-state index in [0.29, 0.717) is 10.9 Å². The van der Waals surface area contributed by atoms with Crippen LogP contribution in [-0.4, -0.2) is 12.9 Å². The van der Waals surface area contributed by atoms with Crippen molar-refractivity contribution in [1.29, 1.82) is 0 Å². The number of hydrogen-bond donors (Lipinski definition) is 0. The molecule has 1 aliphatic heterocycles. The molecule has 0 N–H and O–H groups in total. The smallest absolute Gasteiger partial charge is 0.568 e. The van der Waals surface area contributed by atoms with Gasteiger partial charge >= 0.3 is 7.11 Å². The highest BCUT2D eigenvalue weighted by Gasteiger charge is 2.53. The van der Waals surface area contributed by atoms with E-state index in [1.165, 1.54) is 0 Å². The van der Waals surface area contributed by atoms with Crippen molar-refractivity contribution < 1.29 is 17.6 Å². The summed E-state index contributed by atoms with van der Waals surface area (Å²) in [7, 11) is -4.40. The second kappa shape index (κ2) is 5.60. The van der Waals surface area contributed by atoms with Crippen LogP contribution in [-0.2, 0) is 0 Å². The summed E-state index contributed by atoms with van der Waals surface area (Å²) < 4.78 is 37.6. The van der Waals surface area contributed by atoms with Crippen LogP contribution >= 0.6 is 0 Å². The zero-order valence-corrected chi connectivity index (χ0v) is 12.7. The standard InChI is InChI=1S/C19H13BF2O2/c21-20(22)23-18(13-10-14-6-2-1-3-7-14)17-12-11-15-8-4-5-9-16(15)19(17)24-20/h1-13H/b13-10+. The van der Waals surface area contributed by atoms with E-state index >= 15 is 0 Å². The number of fused-ring (bicyclic) bond motifs is 3. The van der Waals surface area contributed by atoms with Gasteiger partial charge in [0, 0.05) is 11.5 Å². The molecule has 118 valence electrons. The highest BCUT2D eigenvalue weighted by Crippen LogP contribution is 2.36. The van der Waals surface area contributed by atoms with Crippen LogP contribution in [0.3, 0.4) is 0 Å². The average Bonchev–Trinajstić information content (AvgIpc) is 2.59. The van der Waals surface area contributed by atoms with Gasteiger partial charge in [-0.1, -0.05) is 60.7 Å². The van der Waals surface area contributed by atoms with Crippen molar-refractivity contribution in [2.45, 2.75) is 0 Å². The molecule has 0 spiro atoms. The van der Waals surface area contributed by atoms with Crippen molar-refractivity contribution in [1.82, 2.24) is 0 Å². The number of allylic oxidation sites excluding steroid dienone is 1. The Kier molecular flexibility index (Phi) is 3.42. The number of halogens is 2. The van der Waals surface area contributed by atoms with Gasteiger partial charge in [-0.15, -0.1) is 0 Å². The van der Waals surface area contributed by atoms with Gasteiger partial charge in [-0.2, -0.15) is 0 Å². The maximum absolute atomic E-state index is 14.0. The van der Waals surface area contributed by atoms with Crippen molar-refractivity contribution in [3.05, 3.63) is 83.9 Å². The van der Waals surface area contributed by atoms with Gasteiger partial charge in [-0.05, 0) is 23.1 Å². The molecule has 3 aromatic rings. The topological polar surface area (TPSA) is 20.5 Å². The van der Waals surface area contributed by atoms with Crippen LogP contribution in [0.15, 0.2) is 72.8 Å². The zero-order valence-electron chi connectivity index (χ0n) is 12.7. The fraction of sp³-hybridized carbons (Fsp3) is 0. The lowest BCUT2D eigenvalue weighted by Crippen LogP contribution is -2.35. The molecule has 4 rings (SSSR count). The van der Waals surface area contributed by atoms with Gasteiger partial charge in [0.05, 0.1) is 0 Å². The zero-order chi connectivity index (χ0) is 16.6. The van der Waals surface area contributed by atoms with Crippen LogP contribution < -0.4 is 4.65 Å². The minimum absolute atomic E-state index is 0.107. The van der Waals surface area contributed by atoms with Crippen LogP contribution in [0.25, 0.3) is 16.8 Å². The van der Waals surface area contributed by atoms with Gasteiger partial charge in [0.2, 0.25) is 0 Å². The Hall–Kier alpha value is -2.95. The van der Waals surface area contributed by atoms with E-state index in [2.05, 4.69) is 0 Å². The van der Waals surface area contributed by atoms with E-state index in [1.807, 2.05) is 48.5 Å². The number of benzene rings is 3. The van der Waals surface area contributed by atoms with Crippen molar-refractivity contribution in [3.8, 4) is 5.75 Å². The molecular weight excluding hydrogens is 309 g/mol. The van der Waals surface area contributed by atoms with E-state index in [0.717, 1.165) is 10.9 Å². The number of rotatable bonds is 2. The van der Waals surface area contributed by atoms with E-state index in [4.69, 9.17) is 9.00 Å². The van der Waals surface area contributed by atoms with Gasteiger partial charge in [0.25, 0.3) is 5.78 Å². The van der Waals surface area contributed by atoms with Crippen LogP contribution in [0.4, 0.5) is 8.63 Å². The van der Waals surface area contributed by atoms with Gasteiger partial charge in [0.15, 0.2) is 0 Å². The Morgan fingerprint density at radius 1 is 0.833 bits per heavy atom. The summed E-state index contributed by atoms with van der Waals surface area (Å²) in [5, 5.41) is 1.49. The molecule has 0 aliphatic carbocycles. The molecule has 3 aromatic carbocycles. The van der Waals surface area contributed by atoms with Crippen molar-refractivity contribution in [3.63, 3.8) is 0 Å². The first-order valence-corrected chi connectivity index (χ1v) is 7.63. The fourth-order valence-electron chi connectivity index (χ4n) is 2.80. The Morgan fingerprint density at radius 2 is 1.58 bits per heavy atom. The monoisotopic (exact) mass is 322 g/mol. The highest BCUT2D eigenvalue weighted by atomic mass is 19.3. The van der Waals surface area contributed by atoms with E-state index < -0.39 is 7.11 Å². The highest BCUT2D eigenvalue weighted by molar-refractivity contribution is 6.52. The molecule has 0 atom stereocenters. The maximum Gasteiger partial charge on any atom is 0.995 e. The SMILES string of the molecule is F[B-]1(F)Oc2c(ccc3ccccc23)C(/C=C/c2ccccc2)=[O+]1. The van der Waals surface area contributed by atoms with E-state index in [-0.39, 0.29) is 11.5 Å². The first-order chi connectivity index (χ1) is 11.6. The lowest BCUT2D eigenvalue weighted by molar-refractivity contribution is -0.179. The predicted octanol–water partition coefficient (Wildman–Crippen LogP) is 5.04. The fourth-order valence-corrected chi connectivity index (χ4v) is 2.80. The first-order valence-electron chi connectivity index (χ1n) is 7.63. The minimum Gasteiger partial charge on any atom is -0.568 e. The van der Waals surface area contributed by atoms with Crippen LogP contribution in [0.2, 0.25) is 0 Å². The second-order valence-corrected chi connectivity index (χ2v) is 5.54. The number of hydrogen-bond acceptors (Lipinski definition) is 1. The van der Waals surface area contributed by atoms with Crippen molar-refractivity contribution >= 4 is 29.7 Å². The van der Waals surface area contributed by atoms with Crippen LogP contribution in [0, 0.1) is 0 Å². The summed E-state index contributed by atoms with van der Waals surface area (Å²) in [6.07, 6.45) is 3.30. The molecule has 1 heterocycles. The third-order valence-electron chi connectivity index (χ3n) is 3.89. The summed E-state index contributed by atoms with van der Waals surface area (Å²) >= 11 is 0. The Morgan fingerprint density at radius 3 is 2.42 bits per heavy atom. The van der Waals surface area contributed by atoms with Crippen LogP contribution in [0.1, 0.15) is 15.5 Å². The third kappa shape index (κ3) is 2.69.